The molecule has 2 aromatic heterocycles. The number of halogens is 1. The average Bonchev–Trinajstić information content (AvgIpc) is 3.15. The monoisotopic (exact) mass is 366 g/mol. The summed E-state index contributed by atoms with van der Waals surface area (Å²) < 4.78 is 13.0. The Morgan fingerprint density at radius 2 is 1.96 bits per heavy atom. The van der Waals surface area contributed by atoms with Gasteiger partial charge in [0, 0.05) is 35.3 Å². The number of nitrogens with zero attached hydrogens (tertiary/aromatic N) is 2. The maximum Gasteiger partial charge on any atom is 0.246 e. The van der Waals surface area contributed by atoms with E-state index in [0.29, 0.717) is 0 Å². The van der Waals surface area contributed by atoms with Crippen LogP contribution in [0.3, 0.4) is 0 Å². The van der Waals surface area contributed by atoms with Crippen molar-refractivity contribution in [3.8, 4) is 10.4 Å². The van der Waals surface area contributed by atoms with Crippen LogP contribution in [0.25, 0.3) is 16.5 Å². The zero-order chi connectivity index (χ0) is 18.5. The molecule has 3 aromatic rings. The zero-order valence-electron chi connectivity index (χ0n) is 14.6. The van der Waals surface area contributed by atoms with Crippen molar-refractivity contribution in [3.63, 3.8) is 0 Å². The number of pyridine rings is 1. The Morgan fingerprint density at radius 1 is 1.19 bits per heavy atom. The minimum atomic E-state index is -0.248. The number of amides is 1. The largest absolute Gasteiger partial charge is 0.335 e. The lowest BCUT2D eigenvalue weighted by atomic mass is 10.1. The maximum absolute atomic E-state index is 13.0. The number of benzene rings is 1. The first-order valence-corrected chi connectivity index (χ1v) is 9.07. The van der Waals surface area contributed by atoms with Gasteiger partial charge in [-0.3, -0.25) is 9.78 Å². The van der Waals surface area contributed by atoms with Gasteiger partial charge in [-0.1, -0.05) is 18.2 Å². The Labute approximate surface area is 156 Å². The van der Waals surface area contributed by atoms with Gasteiger partial charge in [0.1, 0.15) is 5.82 Å². The molecule has 132 valence electrons. The number of rotatable bonds is 5. The molecule has 0 aliphatic rings. The Kier molecular flexibility index (Phi) is 5.58. The average molecular weight is 366 g/mol. The van der Waals surface area contributed by atoms with Crippen molar-refractivity contribution in [1.82, 2.24) is 9.88 Å². The molecule has 0 aliphatic heterocycles. The smallest absolute Gasteiger partial charge is 0.246 e. The summed E-state index contributed by atoms with van der Waals surface area (Å²) in [5.74, 6) is -0.320. The molecule has 0 aliphatic carbocycles. The van der Waals surface area contributed by atoms with Crippen molar-refractivity contribution >= 4 is 23.3 Å². The Morgan fingerprint density at radius 3 is 2.65 bits per heavy atom. The lowest BCUT2D eigenvalue weighted by Gasteiger charge is -2.23. The molecule has 0 saturated heterocycles. The van der Waals surface area contributed by atoms with Crippen LogP contribution >= 0.6 is 11.3 Å². The highest BCUT2D eigenvalue weighted by Gasteiger charge is 2.15. The molecule has 0 saturated carbocycles. The summed E-state index contributed by atoms with van der Waals surface area (Å²) in [5, 5.41) is 0. The molecule has 3 rings (SSSR count). The minimum absolute atomic E-state index is 0.0565. The van der Waals surface area contributed by atoms with Gasteiger partial charge in [0.2, 0.25) is 5.91 Å². The number of hydrogen-bond donors (Lipinski definition) is 0. The van der Waals surface area contributed by atoms with Gasteiger partial charge in [-0.25, -0.2) is 4.39 Å². The second kappa shape index (κ2) is 8.06. The molecule has 0 unspecified atom stereocenters. The van der Waals surface area contributed by atoms with E-state index in [2.05, 4.69) is 4.98 Å². The predicted octanol–water partition coefficient (Wildman–Crippen LogP) is 5.18. The Bertz CT molecular complexity index is 903. The van der Waals surface area contributed by atoms with Gasteiger partial charge in [0.05, 0.1) is 6.04 Å². The van der Waals surface area contributed by atoms with Crippen LogP contribution in [0.15, 0.2) is 67.0 Å². The number of thiophene rings is 1. The number of carbonyl (C=O) groups is 1. The molecule has 5 heteroatoms. The first-order chi connectivity index (χ1) is 12.5. The molecule has 2 heterocycles. The van der Waals surface area contributed by atoms with E-state index in [-0.39, 0.29) is 17.8 Å². The van der Waals surface area contributed by atoms with Gasteiger partial charge < -0.3 is 4.90 Å². The summed E-state index contributed by atoms with van der Waals surface area (Å²) in [7, 11) is 1.78. The van der Waals surface area contributed by atoms with Gasteiger partial charge in [0.25, 0.3) is 0 Å². The van der Waals surface area contributed by atoms with E-state index in [1.165, 1.54) is 12.1 Å². The lowest BCUT2D eigenvalue weighted by Crippen LogP contribution is -2.28. The number of hydrogen-bond acceptors (Lipinski definition) is 3. The molecular formula is C21H19FN2OS. The van der Waals surface area contributed by atoms with Crippen LogP contribution in [0.5, 0.6) is 0 Å². The summed E-state index contributed by atoms with van der Waals surface area (Å²) in [6, 6.07) is 14.1. The van der Waals surface area contributed by atoms with Crippen LogP contribution in [0.1, 0.15) is 23.4 Å². The zero-order valence-corrected chi connectivity index (χ0v) is 15.4. The predicted molar refractivity (Wildman–Crippen MR) is 104 cm³/mol. The molecule has 0 spiro atoms. The summed E-state index contributed by atoms with van der Waals surface area (Å²) in [6.45, 7) is 1.97. The van der Waals surface area contributed by atoms with Crippen molar-refractivity contribution in [3.05, 3.63) is 83.3 Å². The van der Waals surface area contributed by atoms with E-state index in [4.69, 9.17) is 0 Å². The van der Waals surface area contributed by atoms with Crippen molar-refractivity contribution in [1.29, 1.82) is 0 Å². The van der Waals surface area contributed by atoms with Gasteiger partial charge in [-0.2, -0.15) is 0 Å². The van der Waals surface area contributed by atoms with Crippen molar-refractivity contribution in [2.24, 2.45) is 0 Å². The van der Waals surface area contributed by atoms with Crippen molar-refractivity contribution < 1.29 is 9.18 Å². The van der Waals surface area contributed by atoms with Crippen LogP contribution in [-0.4, -0.2) is 22.8 Å². The molecule has 0 fully saturated rings. The number of aromatic nitrogens is 1. The Balaban J connectivity index is 1.67. The van der Waals surface area contributed by atoms with Gasteiger partial charge in [0.15, 0.2) is 0 Å². The van der Waals surface area contributed by atoms with Crippen LogP contribution in [0, 0.1) is 5.82 Å². The third-order valence-corrected chi connectivity index (χ3v) is 5.34. The normalized spacial score (nSPS) is 12.3. The first kappa shape index (κ1) is 18.0. The van der Waals surface area contributed by atoms with Crippen molar-refractivity contribution in [2.75, 3.05) is 7.05 Å². The SMILES string of the molecule is C[C@@H](c1cccnc1)N(C)C(=O)/C=C/c1ccc(-c2ccc(F)cc2)s1. The molecule has 0 N–H and O–H groups in total. The van der Waals surface area contributed by atoms with Crippen LogP contribution in [0.4, 0.5) is 4.39 Å². The van der Waals surface area contributed by atoms with Gasteiger partial charge >= 0.3 is 0 Å². The summed E-state index contributed by atoms with van der Waals surface area (Å²) in [6.07, 6.45) is 6.87. The molecule has 1 atom stereocenters. The van der Waals surface area contributed by atoms with Crippen LogP contribution < -0.4 is 0 Å². The van der Waals surface area contributed by atoms with E-state index in [1.807, 2.05) is 37.3 Å². The first-order valence-electron chi connectivity index (χ1n) is 8.25. The standard InChI is InChI=1S/C21H19FN2OS/c1-15(17-4-3-13-23-14-17)24(2)21(25)12-10-19-9-11-20(26-19)16-5-7-18(22)8-6-16/h3-15H,1-2H3/b12-10+/t15-/m0/s1. The highest BCUT2D eigenvalue weighted by Crippen LogP contribution is 2.29. The maximum atomic E-state index is 13.0. The summed E-state index contributed by atoms with van der Waals surface area (Å²) in [4.78, 5) is 20.2. The van der Waals surface area contributed by atoms with Crippen LogP contribution in [-0.2, 0) is 4.79 Å². The highest BCUT2D eigenvalue weighted by molar-refractivity contribution is 7.16. The van der Waals surface area contributed by atoms with Gasteiger partial charge in [-0.05, 0) is 54.5 Å². The van der Waals surface area contributed by atoms with Crippen LogP contribution in [0.2, 0.25) is 0 Å². The minimum Gasteiger partial charge on any atom is -0.335 e. The second-order valence-corrected chi connectivity index (χ2v) is 7.07. The topological polar surface area (TPSA) is 33.2 Å². The fourth-order valence-electron chi connectivity index (χ4n) is 2.52. The third kappa shape index (κ3) is 4.24. The third-order valence-electron chi connectivity index (χ3n) is 4.24. The van der Waals surface area contributed by atoms with E-state index >= 15 is 0 Å². The summed E-state index contributed by atoms with van der Waals surface area (Å²) in [5.41, 5.74) is 1.95. The van der Waals surface area contributed by atoms with E-state index in [1.54, 1.807) is 53.9 Å². The lowest BCUT2D eigenvalue weighted by molar-refractivity contribution is -0.126. The van der Waals surface area contributed by atoms with Crippen molar-refractivity contribution in [2.45, 2.75) is 13.0 Å². The molecule has 1 amide bonds. The molecule has 26 heavy (non-hydrogen) atoms. The second-order valence-electron chi connectivity index (χ2n) is 5.95. The van der Waals surface area contributed by atoms with Gasteiger partial charge in [-0.15, -0.1) is 11.3 Å². The number of likely N-dealkylation sites (N-methyl/N-ethyl adjacent to an activating group) is 1. The fraction of sp³-hybridized carbons (Fsp3) is 0.143. The molecule has 0 bridgehead atoms. The Hall–Kier alpha value is -2.79. The van der Waals surface area contributed by atoms with E-state index in [9.17, 15) is 9.18 Å². The molecule has 3 nitrogen and oxygen atoms in total. The molecule has 1 aromatic carbocycles. The quantitative estimate of drug-likeness (QED) is 0.583. The fourth-order valence-corrected chi connectivity index (χ4v) is 3.44. The van der Waals surface area contributed by atoms with E-state index < -0.39 is 0 Å². The number of carbonyl (C=O) groups excluding carboxylic acids is 1. The summed E-state index contributed by atoms with van der Waals surface area (Å²) >= 11 is 1.56. The highest BCUT2D eigenvalue weighted by atomic mass is 32.1. The molecular weight excluding hydrogens is 347 g/mol. The molecule has 0 radical (unpaired) electrons. The van der Waals surface area contributed by atoms with E-state index in [0.717, 1.165) is 20.9 Å².